The first-order valence-corrected chi connectivity index (χ1v) is 8.68. The molecule has 0 bridgehead atoms. The molecule has 1 aromatic heterocycles. The van der Waals surface area contributed by atoms with Crippen molar-refractivity contribution in [3.05, 3.63) is 57.3 Å². The molecule has 27 heavy (non-hydrogen) atoms. The summed E-state index contributed by atoms with van der Waals surface area (Å²) in [5, 5.41) is 7.81. The number of nitrogens with zero attached hydrogens (tertiary/aromatic N) is 2. The van der Waals surface area contributed by atoms with Crippen molar-refractivity contribution in [1.29, 1.82) is 0 Å². The largest absolute Gasteiger partial charge is 0.452 e. The maximum absolute atomic E-state index is 11.7. The Hall–Kier alpha value is -2.75. The van der Waals surface area contributed by atoms with Gasteiger partial charge >= 0.3 is 5.97 Å². The first kappa shape index (κ1) is 20.6. The van der Waals surface area contributed by atoms with E-state index in [4.69, 9.17) is 34.4 Å². The molecule has 0 atom stereocenters. The number of nitrogens with one attached hydrogen (secondary N) is 1. The van der Waals surface area contributed by atoms with Gasteiger partial charge in [0.25, 0.3) is 5.91 Å². The van der Waals surface area contributed by atoms with E-state index in [1.165, 1.54) is 12.2 Å². The second-order valence-electron chi connectivity index (χ2n) is 5.50. The van der Waals surface area contributed by atoms with Gasteiger partial charge in [-0.05, 0) is 30.7 Å². The number of rotatable bonds is 7. The topological polar surface area (TPSA) is 73.2 Å². The molecule has 1 heterocycles. The Balaban J connectivity index is 2.00. The second-order valence-corrected chi connectivity index (χ2v) is 6.29. The number of terminal acetylenes is 1. The van der Waals surface area contributed by atoms with Gasteiger partial charge in [0.15, 0.2) is 6.61 Å². The van der Waals surface area contributed by atoms with E-state index in [0.717, 1.165) is 5.56 Å². The summed E-state index contributed by atoms with van der Waals surface area (Å²) in [5.41, 5.74) is 2.24. The predicted octanol–water partition coefficient (Wildman–Crippen LogP) is 2.85. The highest BCUT2D eigenvalue weighted by Crippen LogP contribution is 2.22. The van der Waals surface area contributed by atoms with Gasteiger partial charge in [-0.3, -0.25) is 4.79 Å². The van der Waals surface area contributed by atoms with E-state index >= 15 is 0 Å². The number of ether oxygens (including phenoxy) is 1. The number of halogens is 2. The monoisotopic (exact) mass is 405 g/mol. The molecule has 0 spiro atoms. The van der Waals surface area contributed by atoms with Crippen molar-refractivity contribution in [2.45, 2.75) is 13.5 Å². The average Bonchev–Trinajstić information content (AvgIpc) is 2.91. The number of hydrogen-bond donors (Lipinski definition) is 1. The average molecular weight is 406 g/mol. The van der Waals surface area contributed by atoms with Crippen molar-refractivity contribution < 1.29 is 14.3 Å². The second kappa shape index (κ2) is 9.81. The Kier molecular flexibility index (Phi) is 7.47. The van der Waals surface area contributed by atoms with E-state index in [2.05, 4.69) is 16.3 Å². The summed E-state index contributed by atoms with van der Waals surface area (Å²) in [4.78, 5) is 23.1. The number of hydrogen-bond acceptors (Lipinski definition) is 4. The fourth-order valence-electron chi connectivity index (χ4n) is 2.16. The summed E-state index contributed by atoms with van der Waals surface area (Å²) in [6.07, 6.45) is 7.72. The third-order valence-corrected chi connectivity index (χ3v) is 4.12. The van der Waals surface area contributed by atoms with Crippen LogP contribution in [0.4, 0.5) is 0 Å². The molecule has 0 saturated carbocycles. The third kappa shape index (κ3) is 6.17. The highest BCUT2D eigenvalue weighted by molar-refractivity contribution is 6.31. The summed E-state index contributed by atoms with van der Waals surface area (Å²) >= 11 is 12.2. The van der Waals surface area contributed by atoms with Crippen LogP contribution in [0.5, 0.6) is 0 Å². The molecule has 2 rings (SSSR count). The number of carbonyl (C=O) groups is 2. The Bertz CT molecular complexity index is 896. The van der Waals surface area contributed by atoms with Crippen molar-refractivity contribution in [3.63, 3.8) is 0 Å². The van der Waals surface area contributed by atoms with Crippen LogP contribution in [-0.4, -0.2) is 34.8 Å². The van der Waals surface area contributed by atoms with Gasteiger partial charge in [-0.15, -0.1) is 6.42 Å². The van der Waals surface area contributed by atoms with Crippen molar-refractivity contribution >= 4 is 41.2 Å². The van der Waals surface area contributed by atoms with Gasteiger partial charge < -0.3 is 10.1 Å². The van der Waals surface area contributed by atoms with Crippen molar-refractivity contribution in [2.24, 2.45) is 0 Å². The van der Waals surface area contributed by atoms with Gasteiger partial charge in [-0.2, -0.15) is 5.10 Å². The van der Waals surface area contributed by atoms with E-state index < -0.39 is 18.5 Å². The van der Waals surface area contributed by atoms with E-state index in [-0.39, 0.29) is 6.54 Å². The molecule has 0 saturated heterocycles. The fourth-order valence-corrected chi connectivity index (χ4v) is 2.58. The number of aryl methyl sites for hydroxylation is 1. The molecule has 0 unspecified atom stereocenters. The molecule has 1 amide bonds. The van der Waals surface area contributed by atoms with Crippen LogP contribution < -0.4 is 5.32 Å². The van der Waals surface area contributed by atoms with Crippen LogP contribution in [0.3, 0.4) is 0 Å². The number of aromatic nitrogens is 2. The fraction of sp³-hybridized carbons (Fsp3) is 0.211. The Morgan fingerprint density at radius 1 is 1.33 bits per heavy atom. The van der Waals surface area contributed by atoms with Gasteiger partial charge in [0.05, 0.1) is 18.8 Å². The van der Waals surface area contributed by atoms with Crippen molar-refractivity contribution in [3.8, 4) is 12.3 Å². The summed E-state index contributed by atoms with van der Waals surface area (Å²) in [5.74, 6) is 1.10. The summed E-state index contributed by atoms with van der Waals surface area (Å²) in [7, 11) is 0. The molecule has 0 aliphatic rings. The molecule has 2 aromatic rings. The van der Waals surface area contributed by atoms with Crippen LogP contribution in [0.1, 0.15) is 16.8 Å². The molecule has 0 aliphatic carbocycles. The van der Waals surface area contributed by atoms with Crippen LogP contribution >= 0.6 is 23.2 Å². The lowest BCUT2D eigenvalue weighted by molar-refractivity contribution is -0.143. The predicted molar refractivity (Wildman–Crippen MR) is 104 cm³/mol. The minimum absolute atomic E-state index is 0.0772. The number of carbonyl (C=O) groups excluding carboxylic acids is 2. The molecule has 140 valence electrons. The van der Waals surface area contributed by atoms with Crippen LogP contribution in [0.2, 0.25) is 10.2 Å². The van der Waals surface area contributed by atoms with Crippen LogP contribution in [0.25, 0.3) is 6.08 Å². The summed E-state index contributed by atoms with van der Waals surface area (Å²) in [6.45, 7) is 1.91. The first-order chi connectivity index (χ1) is 12.9. The molecule has 6 nitrogen and oxygen atoms in total. The molecule has 0 radical (unpaired) electrons. The quantitative estimate of drug-likeness (QED) is 0.436. The molecular weight excluding hydrogens is 389 g/mol. The van der Waals surface area contributed by atoms with Gasteiger partial charge in [-0.25, -0.2) is 9.48 Å². The maximum atomic E-state index is 11.7. The van der Waals surface area contributed by atoms with E-state index in [1.54, 1.807) is 23.7 Å². The van der Waals surface area contributed by atoms with Gasteiger partial charge in [0, 0.05) is 16.7 Å². The third-order valence-electron chi connectivity index (χ3n) is 3.47. The van der Waals surface area contributed by atoms with Gasteiger partial charge in [0.1, 0.15) is 5.15 Å². The van der Waals surface area contributed by atoms with Crippen LogP contribution in [0, 0.1) is 19.3 Å². The zero-order valence-electron chi connectivity index (χ0n) is 14.5. The number of esters is 1. The minimum atomic E-state index is -0.674. The lowest BCUT2D eigenvalue weighted by atomic mass is 10.2. The first-order valence-electron chi connectivity index (χ1n) is 7.93. The maximum Gasteiger partial charge on any atom is 0.331 e. The SMILES string of the molecule is C#CCNC(=O)COC(=O)/C=C/c1c(C)nn(Cc2ccc(Cl)cc2)c1Cl. The van der Waals surface area contributed by atoms with E-state index in [0.29, 0.717) is 28.0 Å². The summed E-state index contributed by atoms with van der Waals surface area (Å²) < 4.78 is 6.45. The van der Waals surface area contributed by atoms with Gasteiger partial charge in [0.2, 0.25) is 0 Å². The van der Waals surface area contributed by atoms with E-state index in [1.807, 2.05) is 12.1 Å². The van der Waals surface area contributed by atoms with Crippen molar-refractivity contribution in [2.75, 3.05) is 13.2 Å². The highest BCUT2D eigenvalue weighted by Gasteiger charge is 2.12. The van der Waals surface area contributed by atoms with E-state index in [9.17, 15) is 9.59 Å². The molecule has 8 heteroatoms. The highest BCUT2D eigenvalue weighted by atomic mass is 35.5. The number of benzene rings is 1. The Morgan fingerprint density at radius 2 is 2.04 bits per heavy atom. The van der Waals surface area contributed by atoms with Crippen LogP contribution in [0.15, 0.2) is 30.3 Å². The van der Waals surface area contributed by atoms with Crippen molar-refractivity contribution in [1.82, 2.24) is 15.1 Å². The standard InChI is InChI=1S/C19H17Cl2N3O3/c1-3-10-22-17(25)12-27-18(26)9-8-16-13(2)23-24(19(16)21)11-14-4-6-15(20)7-5-14/h1,4-9H,10-12H2,2H3,(H,22,25)/b9-8+. The zero-order chi connectivity index (χ0) is 19.8. The molecular formula is C19H17Cl2N3O3. The summed E-state index contributed by atoms with van der Waals surface area (Å²) in [6, 6.07) is 7.34. The molecule has 1 aromatic carbocycles. The lowest BCUT2D eigenvalue weighted by Crippen LogP contribution is -2.28. The Labute approximate surface area is 167 Å². The Morgan fingerprint density at radius 3 is 2.70 bits per heavy atom. The molecule has 0 aliphatic heterocycles. The lowest BCUT2D eigenvalue weighted by Gasteiger charge is -2.04. The van der Waals surface area contributed by atoms with Gasteiger partial charge in [-0.1, -0.05) is 41.3 Å². The number of amides is 1. The smallest absolute Gasteiger partial charge is 0.331 e. The normalized spacial score (nSPS) is 10.6. The molecule has 0 fully saturated rings. The molecule has 1 N–H and O–H groups in total. The minimum Gasteiger partial charge on any atom is -0.452 e. The zero-order valence-corrected chi connectivity index (χ0v) is 16.0. The van der Waals surface area contributed by atoms with Crippen LogP contribution in [-0.2, 0) is 20.9 Å².